The summed E-state index contributed by atoms with van der Waals surface area (Å²) in [5.41, 5.74) is 0. The molecule has 0 aromatic carbocycles. The van der Waals surface area contributed by atoms with E-state index in [1.54, 1.807) is 0 Å². The topological polar surface area (TPSA) is 65.2 Å². The van der Waals surface area contributed by atoms with Gasteiger partial charge in [0.1, 0.15) is 12.4 Å². The second-order valence-electron chi connectivity index (χ2n) is 2.92. The van der Waals surface area contributed by atoms with Crippen molar-refractivity contribution in [3.8, 4) is 0 Å². The van der Waals surface area contributed by atoms with E-state index in [0.717, 1.165) is 25.7 Å². The number of carbonyl (C=O) groups excluding carboxylic acids is 1. The molecule has 0 radical (unpaired) electrons. The highest BCUT2D eigenvalue weighted by atomic mass is 16.5. The van der Waals surface area contributed by atoms with Gasteiger partial charge in [-0.3, -0.25) is 0 Å². The molecule has 0 amide bonds. The number of hydrogen-bond acceptors (Lipinski definition) is 5. The lowest BCUT2D eigenvalue weighted by Crippen LogP contribution is -1.96. The Morgan fingerprint density at radius 3 is 3.23 bits per heavy atom. The Hall–Kier alpha value is -1.23. The average molecular weight is 182 g/mol. The first-order valence-electron chi connectivity index (χ1n) is 4.28. The van der Waals surface area contributed by atoms with Crippen LogP contribution in [0.2, 0.25) is 0 Å². The van der Waals surface area contributed by atoms with Crippen LogP contribution in [0.3, 0.4) is 0 Å². The molecule has 0 N–H and O–H groups in total. The average Bonchev–Trinajstić information content (AvgIpc) is 2.70. The van der Waals surface area contributed by atoms with E-state index in [-0.39, 0.29) is 12.5 Å². The van der Waals surface area contributed by atoms with Crippen molar-refractivity contribution >= 4 is 6.29 Å². The van der Waals surface area contributed by atoms with E-state index in [4.69, 9.17) is 9.26 Å². The number of aldehydes is 1. The van der Waals surface area contributed by atoms with Crippen molar-refractivity contribution in [2.45, 2.75) is 25.4 Å². The molecule has 70 valence electrons. The maximum absolute atomic E-state index is 10.2. The Labute approximate surface area is 75.1 Å². The summed E-state index contributed by atoms with van der Waals surface area (Å²) in [5.74, 6) is 0.926. The molecule has 0 spiro atoms. The summed E-state index contributed by atoms with van der Waals surface area (Å²) in [4.78, 5) is 14.2. The van der Waals surface area contributed by atoms with Crippen molar-refractivity contribution < 1.29 is 14.1 Å². The fourth-order valence-corrected chi connectivity index (χ4v) is 1.33. The largest absolute Gasteiger partial charge is 0.368 e. The first-order valence-corrected chi connectivity index (χ1v) is 4.28. The maximum atomic E-state index is 10.2. The molecule has 5 nitrogen and oxygen atoms in total. The Bertz CT molecular complexity index is 291. The van der Waals surface area contributed by atoms with Crippen LogP contribution in [0.25, 0.3) is 0 Å². The number of aromatic nitrogens is 2. The molecule has 0 saturated carbocycles. The summed E-state index contributed by atoms with van der Waals surface area (Å²) in [7, 11) is 0. The monoisotopic (exact) mass is 182 g/mol. The highest BCUT2D eigenvalue weighted by Crippen LogP contribution is 2.26. The number of nitrogens with zero attached hydrogens (tertiary/aromatic N) is 2. The lowest BCUT2D eigenvalue weighted by atomic mass is 10.2. The van der Waals surface area contributed by atoms with Crippen molar-refractivity contribution in [2.24, 2.45) is 0 Å². The first-order chi connectivity index (χ1) is 6.40. The van der Waals surface area contributed by atoms with Gasteiger partial charge in [-0.2, -0.15) is 4.98 Å². The van der Waals surface area contributed by atoms with Gasteiger partial charge in [-0.25, -0.2) is 0 Å². The van der Waals surface area contributed by atoms with Crippen molar-refractivity contribution in [1.29, 1.82) is 0 Å². The summed E-state index contributed by atoms with van der Waals surface area (Å²) in [6.45, 7) is 0.746. The zero-order valence-corrected chi connectivity index (χ0v) is 7.10. The molecule has 1 aromatic rings. The predicted octanol–water partition coefficient (Wildman–Crippen LogP) is 0.663. The number of rotatable bonds is 3. The van der Waals surface area contributed by atoms with E-state index >= 15 is 0 Å². The first kappa shape index (κ1) is 8.37. The predicted molar refractivity (Wildman–Crippen MR) is 42.0 cm³/mol. The SMILES string of the molecule is O=CCc1noc(C2CCCO2)n1. The normalized spacial score (nSPS) is 22.0. The molecule has 1 saturated heterocycles. The van der Waals surface area contributed by atoms with Gasteiger partial charge in [0.15, 0.2) is 5.82 Å². The Morgan fingerprint density at radius 2 is 2.54 bits per heavy atom. The molecular formula is C8H10N2O3. The Balaban J connectivity index is 2.07. The van der Waals surface area contributed by atoms with Crippen LogP contribution in [0, 0.1) is 0 Å². The van der Waals surface area contributed by atoms with Crippen molar-refractivity contribution in [3.63, 3.8) is 0 Å². The van der Waals surface area contributed by atoms with Crippen LogP contribution in [-0.4, -0.2) is 23.0 Å². The summed E-state index contributed by atoms with van der Waals surface area (Å²) in [6.07, 6.45) is 2.84. The molecule has 1 unspecified atom stereocenters. The number of carbonyl (C=O) groups is 1. The van der Waals surface area contributed by atoms with Crippen molar-refractivity contribution in [3.05, 3.63) is 11.7 Å². The zero-order valence-electron chi connectivity index (χ0n) is 7.10. The second-order valence-corrected chi connectivity index (χ2v) is 2.92. The van der Waals surface area contributed by atoms with Crippen LogP contribution in [-0.2, 0) is 16.0 Å². The van der Waals surface area contributed by atoms with E-state index in [0.29, 0.717) is 11.7 Å². The highest BCUT2D eigenvalue weighted by molar-refractivity contribution is 5.52. The molecule has 0 aliphatic carbocycles. The zero-order chi connectivity index (χ0) is 9.10. The standard InChI is InChI=1S/C8H10N2O3/c11-4-3-7-9-8(13-10-7)6-2-1-5-12-6/h4,6H,1-3,5H2. The van der Waals surface area contributed by atoms with Crippen LogP contribution >= 0.6 is 0 Å². The van der Waals surface area contributed by atoms with Gasteiger partial charge in [-0.05, 0) is 12.8 Å². The van der Waals surface area contributed by atoms with E-state index in [2.05, 4.69) is 10.1 Å². The summed E-state index contributed by atoms with van der Waals surface area (Å²) in [6, 6.07) is 0. The van der Waals surface area contributed by atoms with Gasteiger partial charge >= 0.3 is 0 Å². The second kappa shape index (κ2) is 3.66. The van der Waals surface area contributed by atoms with Crippen LogP contribution < -0.4 is 0 Å². The summed E-state index contributed by atoms with van der Waals surface area (Å²) in [5, 5.41) is 3.65. The van der Waals surface area contributed by atoms with Crippen molar-refractivity contribution in [2.75, 3.05) is 6.61 Å². The molecular weight excluding hydrogens is 172 g/mol. The third kappa shape index (κ3) is 1.75. The van der Waals surface area contributed by atoms with Crippen molar-refractivity contribution in [1.82, 2.24) is 10.1 Å². The number of ether oxygens (including phenoxy) is 1. The minimum absolute atomic E-state index is 0.0621. The van der Waals surface area contributed by atoms with Crippen LogP contribution in [0.5, 0.6) is 0 Å². The van der Waals surface area contributed by atoms with Crippen LogP contribution in [0.15, 0.2) is 4.52 Å². The smallest absolute Gasteiger partial charge is 0.255 e. The van der Waals surface area contributed by atoms with Gasteiger partial charge in [-0.1, -0.05) is 5.16 Å². The molecule has 13 heavy (non-hydrogen) atoms. The van der Waals surface area contributed by atoms with E-state index < -0.39 is 0 Å². The highest BCUT2D eigenvalue weighted by Gasteiger charge is 2.23. The maximum Gasteiger partial charge on any atom is 0.255 e. The van der Waals surface area contributed by atoms with Gasteiger partial charge in [0, 0.05) is 6.61 Å². The quantitative estimate of drug-likeness (QED) is 0.642. The van der Waals surface area contributed by atoms with Crippen LogP contribution in [0.4, 0.5) is 0 Å². The number of hydrogen-bond donors (Lipinski definition) is 0. The molecule has 1 aliphatic heterocycles. The van der Waals surface area contributed by atoms with Gasteiger partial charge in [0.2, 0.25) is 0 Å². The minimum Gasteiger partial charge on any atom is -0.368 e. The van der Waals surface area contributed by atoms with Gasteiger partial charge < -0.3 is 14.1 Å². The summed E-state index contributed by atoms with van der Waals surface area (Å²) < 4.78 is 10.3. The molecule has 1 fully saturated rings. The minimum atomic E-state index is -0.0621. The third-order valence-corrected chi connectivity index (χ3v) is 1.95. The van der Waals surface area contributed by atoms with E-state index in [1.807, 2.05) is 0 Å². The van der Waals surface area contributed by atoms with Gasteiger partial charge in [-0.15, -0.1) is 0 Å². The molecule has 0 bridgehead atoms. The molecule has 2 heterocycles. The summed E-state index contributed by atoms with van der Waals surface area (Å²) >= 11 is 0. The molecule has 5 heteroatoms. The van der Waals surface area contributed by atoms with Gasteiger partial charge in [0.05, 0.1) is 6.42 Å². The fourth-order valence-electron chi connectivity index (χ4n) is 1.33. The van der Waals surface area contributed by atoms with E-state index in [9.17, 15) is 4.79 Å². The van der Waals surface area contributed by atoms with Crippen LogP contribution in [0.1, 0.15) is 30.7 Å². The molecule has 1 aliphatic rings. The fraction of sp³-hybridized carbons (Fsp3) is 0.625. The Morgan fingerprint density at radius 1 is 1.62 bits per heavy atom. The lowest BCUT2D eigenvalue weighted by molar-refractivity contribution is -0.107. The lowest BCUT2D eigenvalue weighted by Gasteiger charge is -2.00. The van der Waals surface area contributed by atoms with E-state index in [1.165, 1.54) is 0 Å². The molecule has 1 atom stereocenters. The molecule has 2 rings (SSSR count). The Kier molecular flexibility index (Phi) is 2.35. The third-order valence-electron chi connectivity index (χ3n) is 1.95. The molecule has 1 aromatic heterocycles. The van der Waals surface area contributed by atoms with Gasteiger partial charge in [0.25, 0.3) is 5.89 Å².